The molecule has 0 saturated carbocycles. The lowest BCUT2D eigenvalue weighted by Crippen LogP contribution is -2.31. The quantitative estimate of drug-likeness (QED) is 0.191. The highest BCUT2D eigenvalue weighted by molar-refractivity contribution is 6.10. The molecule has 2 N–H and O–H groups in total. The summed E-state index contributed by atoms with van der Waals surface area (Å²) in [5.41, 5.74) is 16.3. The number of nitrogens with zero attached hydrogens (tertiary/aromatic N) is 3. The second-order valence-corrected chi connectivity index (χ2v) is 13.0. The Morgan fingerprint density at radius 3 is 2.47 bits per heavy atom. The van der Waals surface area contributed by atoms with Crippen LogP contribution in [0.3, 0.4) is 0 Å². The standard InChI is InChI=1S/C44H31N5/c1-4-34-25-45-26-38(34)35(6-1)40-19-17-30-13-15-32(24-42(30)49-40)39-18-16-29-12-14-31(23-41(29)48-39)27-8-10-28(11-9-27)37-22-33-5-2-20-46-43(33)44-36(37)7-3-21-47-44/h1-24,26,40-41,48-49H,25H2. The fourth-order valence-electron chi connectivity index (χ4n) is 7.56. The lowest BCUT2D eigenvalue weighted by Gasteiger charge is -2.28. The molecule has 0 spiro atoms. The summed E-state index contributed by atoms with van der Waals surface area (Å²) in [6, 6.07) is 32.7. The van der Waals surface area contributed by atoms with Gasteiger partial charge in [-0.2, -0.15) is 0 Å². The summed E-state index contributed by atoms with van der Waals surface area (Å²) in [5, 5.41) is 9.82. The predicted octanol–water partition coefficient (Wildman–Crippen LogP) is 9.45. The van der Waals surface area contributed by atoms with Gasteiger partial charge in [-0.05, 0) is 80.4 Å². The van der Waals surface area contributed by atoms with E-state index >= 15 is 0 Å². The molecule has 5 heteroatoms. The van der Waals surface area contributed by atoms with Crippen molar-refractivity contribution in [1.82, 2.24) is 15.3 Å². The zero-order chi connectivity index (χ0) is 32.3. The fraction of sp³-hybridized carbons (Fsp3) is 0.0682. The molecule has 10 rings (SSSR count). The molecule has 0 bridgehead atoms. The predicted molar refractivity (Wildman–Crippen MR) is 202 cm³/mol. The number of nitrogens with one attached hydrogen (secondary N) is 2. The first-order valence-corrected chi connectivity index (χ1v) is 16.8. The van der Waals surface area contributed by atoms with Gasteiger partial charge in [0.1, 0.15) is 0 Å². The van der Waals surface area contributed by atoms with Gasteiger partial charge in [0.2, 0.25) is 0 Å². The van der Waals surface area contributed by atoms with Gasteiger partial charge in [-0.3, -0.25) is 15.0 Å². The average molecular weight is 630 g/mol. The van der Waals surface area contributed by atoms with E-state index < -0.39 is 0 Å². The highest BCUT2D eigenvalue weighted by atomic mass is 14.9. The van der Waals surface area contributed by atoms with Crippen LogP contribution in [-0.2, 0) is 6.54 Å². The van der Waals surface area contributed by atoms with Crippen molar-refractivity contribution in [3.8, 4) is 11.1 Å². The minimum atomic E-state index is 0.0884. The third-order valence-corrected chi connectivity index (χ3v) is 10.1. The first-order valence-electron chi connectivity index (χ1n) is 16.8. The van der Waals surface area contributed by atoms with Gasteiger partial charge < -0.3 is 10.6 Å². The van der Waals surface area contributed by atoms with Crippen molar-refractivity contribution in [3.05, 3.63) is 179 Å². The smallest absolute Gasteiger partial charge is 0.0970 e. The van der Waals surface area contributed by atoms with Crippen molar-refractivity contribution in [3.63, 3.8) is 0 Å². The number of benzene rings is 4. The average Bonchev–Trinajstić information content (AvgIpc) is 3.66. The highest BCUT2D eigenvalue weighted by Gasteiger charge is 2.23. The van der Waals surface area contributed by atoms with Crippen molar-refractivity contribution < 1.29 is 0 Å². The number of hydrogen-bond acceptors (Lipinski definition) is 5. The van der Waals surface area contributed by atoms with Crippen molar-refractivity contribution in [1.29, 1.82) is 0 Å². The van der Waals surface area contributed by atoms with Gasteiger partial charge in [-0.15, -0.1) is 0 Å². The van der Waals surface area contributed by atoms with Crippen LogP contribution in [0.25, 0.3) is 50.3 Å². The van der Waals surface area contributed by atoms with E-state index in [0.29, 0.717) is 0 Å². The van der Waals surface area contributed by atoms with Gasteiger partial charge in [0.15, 0.2) is 0 Å². The Hall–Kier alpha value is -6.33. The maximum absolute atomic E-state index is 4.69. The Balaban J connectivity index is 0.908. The molecule has 2 unspecified atom stereocenters. The summed E-state index contributed by atoms with van der Waals surface area (Å²) in [6.45, 7) is 0.770. The van der Waals surface area contributed by atoms with Gasteiger partial charge >= 0.3 is 0 Å². The van der Waals surface area contributed by atoms with E-state index in [9.17, 15) is 0 Å². The largest absolute Gasteiger partial charge is 0.374 e. The SMILES string of the molecule is C1=CC2=CC=C(c3ccc4c(c3)NC(c3cccc5c3C=NC5)C=C4)NC2C=C1c1ccc(-c2cc3cccnc3c3ncccc23)cc1. The fourth-order valence-corrected chi connectivity index (χ4v) is 7.56. The molecule has 6 aromatic rings. The molecule has 49 heavy (non-hydrogen) atoms. The number of fused-ring (bicyclic) bond motifs is 6. The molecule has 0 fully saturated rings. The first-order chi connectivity index (χ1) is 24.2. The molecule has 0 radical (unpaired) electrons. The van der Waals surface area contributed by atoms with E-state index in [0.717, 1.165) is 50.9 Å². The Labute approximate surface area is 284 Å². The van der Waals surface area contributed by atoms with Gasteiger partial charge in [0, 0.05) is 46.3 Å². The molecule has 2 aromatic heterocycles. The molecule has 1 aliphatic carbocycles. The van der Waals surface area contributed by atoms with Crippen molar-refractivity contribution in [2.45, 2.75) is 18.6 Å². The number of rotatable bonds is 4. The van der Waals surface area contributed by atoms with Crippen molar-refractivity contribution >= 4 is 51.1 Å². The number of pyridine rings is 2. The van der Waals surface area contributed by atoms with Crippen LogP contribution in [0, 0.1) is 0 Å². The summed E-state index contributed by atoms with van der Waals surface area (Å²) in [4.78, 5) is 13.8. The molecule has 5 nitrogen and oxygen atoms in total. The Bertz CT molecular complexity index is 2530. The molecule has 232 valence electrons. The Kier molecular flexibility index (Phi) is 6.31. The van der Waals surface area contributed by atoms with E-state index in [2.05, 4.69) is 142 Å². The Morgan fingerprint density at radius 1 is 0.673 bits per heavy atom. The summed E-state index contributed by atoms with van der Waals surface area (Å²) in [6.07, 6.45) is 21.4. The molecule has 0 saturated heterocycles. The van der Waals surface area contributed by atoms with Gasteiger partial charge in [-0.25, -0.2) is 0 Å². The summed E-state index contributed by atoms with van der Waals surface area (Å²) < 4.78 is 0. The van der Waals surface area contributed by atoms with Crippen LogP contribution < -0.4 is 10.6 Å². The van der Waals surface area contributed by atoms with Crippen LogP contribution in [0.5, 0.6) is 0 Å². The summed E-state index contributed by atoms with van der Waals surface area (Å²) in [5.74, 6) is 0. The molecule has 2 atom stereocenters. The third kappa shape index (κ3) is 4.74. The maximum Gasteiger partial charge on any atom is 0.0970 e. The number of anilines is 1. The molecule has 4 aromatic carbocycles. The minimum Gasteiger partial charge on any atom is -0.374 e. The first kappa shape index (κ1) is 27.8. The number of allylic oxidation sites excluding steroid dienone is 4. The Morgan fingerprint density at radius 2 is 1.53 bits per heavy atom. The number of dihydropyridines is 1. The highest BCUT2D eigenvalue weighted by Crippen LogP contribution is 2.37. The monoisotopic (exact) mass is 629 g/mol. The van der Waals surface area contributed by atoms with E-state index in [1.165, 1.54) is 44.5 Å². The van der Waals surface area contributed by atoms with Crippen LogP contribution in [-0.4, -0.2) is 22.2 Å². The van der Waals surface area contributed by atoms with E-state index in [4.69, 9.17) is 4.98 Å². The van der Waals surface area contributed by atoms with Gasteiger partial charge in [0.05, 0.1) is 29.7 Å². The van der Waals surface area contributed by atoms with Crippen LogP contribution in [0.2, 0.25) is 0 Å². The molecular formula is C44H31N5. The maximum atomic E-state index is 4.69. The zero-order valence-electron chi connectivity index (χ0n) is 26.6. The lowest BCUT2D eigenvalue weighted by molar-refractivity contribution is 0.815. The second-order valence-electron chi connectivity index (χ2n) is 13.0. The summed E-state index contributed by atoms with van der Waals surface area (Å²) >= 11 is 0. The second kappa shape index (κ2) is 11.1. The number of aromatic nitrogens is 2. The van der Waals surface area contributed by atoms with Crippen LogP contribution in [0.15, 0.2) is 150 Å². The molecule has 5 heterocycles. The topological polar surface area (TPSA) is 62.2 Å². The molecule has 3 aliphatic heterocycles. The van der Waals surface area contributed by atoms with Crippen LogP contribution in [0.4, 0.5) is 5.69 Å². The zero-order valence-corrected chi connectivity index (χ0v) is 26.6. The van der Waals surface area contributed by atoms with Crippen molar-refractivity contribution in [2.75, 3.05) is 5.32 Å². The van der Waals surface area contributed by atoms with E-state index in [-0.39, 0.29) is 12.1 Å². The van der Waals surface area contributed by atoms with E-state index in [1.807, 2.05) is 30.7 Å². The molecular weight excluding hydrogens is 599 g/mol. The third-order valence-electron chi connectivity index (χ3n) is 10.1. The number of hydrogen-bond donors (Lipinski definition) is 2. The van der Waals surface area contributed by atoms with Gasteiger partial charge in [0.25, 0.3) is 0 Å². The van der Waals surface area contributed by atoms with Crippen molar-refractivity contribution in [2.24, 2.45) is 4.99 Å². The normalized spacial score (nSPS) is 18.6. The number of aliphatic imine (C=N–C) groups is 1. The lowest BCUT2D eigenvalue weighted by atomic mass is 9.89. The minimum absolute atomic E-state index is 0.0884. The van der Waals surface area contributed by atoms with Gasteiger partial charge in [-0.1, -0.05) is 103 Å². The van der Waals surface area contributed by atoms with Crippen LogP contribution in [0.1, 0.15) is 39.4 Å². The molecule has 4 aliphatic rings. The van der Waals surface area contributed by atoms with E-state index in [1.54, 1.807) is 0 Å². The molecule has 0 amide bonds. The summed E-state index contributed by atoms with van der Waals surface area (Å²) in [7, 11) is 0. The van der Waals surface area contributed by atoms with Crippen LogP contribution >= 0.6 is 0 Å².